The Kier molecular flexibility index (Phi) is 9.73. The van der Waals surface area contributed by atoms with E-state index in [2.05, 4.69) is 176 Å². The number of benzene rings is 9. The maximum Gasteiger partial charge on any atom is 0.179 e. The Morgan fingerprint density at radius 2 is 0.694 bits per heavy atom. The van der Waals surface area contributed by atoms with Crippen molar-refractivity contribution in [1.29, 1.82) is 0 Å². The van der Waals surface area contributed by atoms with Crippen LogP contribution in [0.25, 0.3) is 76.6 Å². The average Bonchev–Trinajstić information content (AvgIpc) is 3.74. The molecule has 2 aromatic heterocycles. The summed E-state index contributed by atoms with van der Waals surface area (Å²) >= 11 is 1.89. The van der Waals surface area contributed by atoms with Gasteiger partial charge in [-0.15, -0.1) is 11.3 Å². The van der Waals surface area contributed by atoms with E-state index in [-0.39, 0.29) is 0 Å². The fourth-order valence-corrected chi connectivity index (χ4v) is 15.1. The Morgan fingerprint density at radius 3 is 1.23 bits per heavy atom. The van der Waals surface area contributed by atoms with Crippen LogP contribution >= 0.6 is 11.3 Å². The van der Waals surface area contributed by atoms with E-state index in [1.807, 2.05) is 72.0 Å². The first-order chi connectivity index (χ1) is 30.7. The van der Waals surface area contributed by atoms with Crippen LogP contribution < -0.4 is 20.7 Å². The number of thiophene rings is 1. The Morgan fingerprint density at radius 1 is 0.290 bits per heavy atom. The molecule has 11 aromatic rings. The third-order valence-electron chi connectivity index (χ3n) is 11.9. The lowest BCUT2D eigenvalue weighted by Crippen LogP contribution is -2.74. The van der Waals surface area contributed by atoms with Crippen LogP contribution in [0.4, 0.5) is 0 Å². The summed E-state index contributed by atoms with van der Waals surface area (Å²) in [5.74, 6) is 1.93. The van der Waals surface area contributed by atoms with Gasteiger partial charge in [0.25, 0.3) is 0 Å². The summed E-state index contributed by atoms with van der Waals surface area (Å²) in [7, 11) is -2.82. The van der Waals surface area contributed by atoms with Crippen molar-refractivity contribution in [2.45, 2.75) is 0 Å². The molecule has 5 heteroatoms. The predicted octanol–water partition coefficient (Wildman–Crippen LogP) is 12.0. The quantitative estimate of drug-likeness (QED) is 0.107. The molecule has 0 N–H and O–H groups in total. The van der Waals surface area contributed by atoms with Crippen LogP contribution in [-0.4, -0.2) is 23.0 Å². The van der Waals surface area contributed by atoms with Crippen molar-refractivity contribution < 1.29 is 0 Å². The standard InChI is InChI=1S/C57H39N3SSi/c1-6-20-40(21-7-1)55-58-56(41-22-8-2-9-23-41)60-57(59-55)45-27-19-25-43(37-45)42-24-18-26-44(36-42)51-38-49(39-53-54(51)50-34-16-17-35-52(50)61-53)62(46-28-10-3-11-29-46,47-30-12-4-13-31-47)48-32-14-5-15-33-48/h1-39H. The van der Waals surface area contributed by atoms with Gasteiger partial charge in [-0.3, -0.25) is 0 Å². The van der Waals surface area contributed by atoms with Gasteiger partial charge < -0.3 is 0 Å². The number of fused-ring (bicyclic) bond motifs is 3. The van der Waals surface area contributed by atoms with Crippen LogP contribution in [0.15, 0.2) is 237 Å². The number of aromatic nitrogens is 3. The van der Waals surface area contributed by atoms with E-state index in [0.717, 1.165) is 27.8 Å². The molecule has 62 heavy (non-hydrogen) atoms. The molecule has 0 unspecified atom stereocenters. The molecule has 3 nitrogen and oxygen atoms in total. The maximum absolute atomic E-state index is 5.05. The topological polar surface area (TPSA) is 38.7 Å². The molecule has 0 atom stereocenters. The van der Waals surface area contributed by atoms with Crippen LogP contribution in [0.1, 0.15) is 0 Å². The average molecular weight is 826 g/mol. The summed E-state index contributed by atoms with van der Waals surface area (Å²) in [5, 5.41) is 8.02. The zero-order chi connectivity index (χ0) is 41.3. The summed E-state index contributed by atoms with van der Waals surface area (Å²) < 4.78 is 2.59. The van der Waals surface area contributed by atoms with Gasteiger partial charge >= 0.3 is 0 Å². The number of nitrogens with zero attached hydrogens (tertiary/aromatic N) is 3. The zero-order valence-electron chi connectivity index (χ0n) is 33.8. The first-order valence-corrected chi connectivity index (χ1v) is 23.7. The van der Waals surface area contributed by atoms with Gasteiger partial charge in [-0.25, -0.2) is 15.0 Å². The van der Waals surface area contributed by atoms with Crippen molar-refractivity contribution in [2.24, 2.45) is 0 Å². The van der Waals surface area contributed by atoms with E-state index in [0.29, 0.717) is 17.5 Å². The SMILES string of the molecule is c1ccc(-c2nc(-c3ccccc3)nc(-c3cccc(-c4cccc(-c5cc([Si](c6ccccc6)(c6ccccc6)c6ccccc6)cc6sc7ccccc7c56)c4)c3)n2)cc1. The lowest BCUT2D eigenvalue weighted by atomic mass is 9.95. The number of hydrogen-bond acceptors (Lipinski definition) is 4. The number of hydrogen-bond donors (Lipinski definition) is 0. The van der Waals surface area contributed by atoms with E-state index in [1.54, 1.807) is 0 Å². The molecular formula is C57H39N3SSi. The minimum atomic E-state index is -2.82. The highest BCUT2D eigenvalue weighted by atomic mass is 32.1. The second-order valence-electron chi connectivity index (χ2n) is 15.5. The largest absolute Gasteiger partial charge is 0.208 e. The third-order valence-corrected chi connectivity index (χ3v) is 17.7. The van der Waals surface area contributed by atoms with Crippen molar-refractivity contribution in [3.8, 4) is 56.4 Å². The van der Waals surface area contributed by atoms with E-state index < -0.39 is 8.07 Å². The van der Waals surface area contributed by atoms with Gasteiger partial charge in [-0.2, -0.15) is 0 Å². The lowest BCUT2D eigenvalue weighted by molar-refractivity contribution is 1.07. The minimum absolute atomic E-state index is 0.638. The molecule has 9 aromatic carbocycles. The Bertz CT molecular complexity index is 3180. The van der Waals surface area contributed by atoms with Crippen LogP contribution in [0, 0.1) is 0 Å². The van der Waals surface area contributed by atoms with Crippen molar-refractivity contribution in [3.63, 3.8) is 0 Å². The van der Waals surface area contributed by atoms with E-state index in [4.69, 9.17) is 15.0 Å². The molecule has 0 amide bonds. The summed E-state index contributed by atoms with van der Waals surface area (Å²) in [5.41, 5.74) is 7.47. The molecule has 2 heterocycles. The first kappa shape index (κ1) is 37.4. The van der Waals surface area contributed by atoms with Gasteiger partial charge in [-0.05, 0) is 67.3 Å². The molecule has 0 aliphatic carbocycles. The minimum Gasteiger partial charge on any atom is -0.208 e. The first-order valence-electron chi connectivity index (χ1n) is 20.9. The summed E-state index contributed by atoms with van der Waals surface area (Å²) in [6, 6.07) is 85.4. The molecule has 11 rings (SSSR count). The van der Waals surface area contributed by atoms with E-state index in [1.165, 1.54) is 52.0 Å². The molecule has 0 radical (unpaired) electrons. The highest BCUT2D eigenvalue weighted by Gasteiger charge is 2.42. The highest BCUT2D eigenvalue weighted by molar-refractivity contribution is 7.26. The number of rotatable bonds is 9. The van der Waals surface area contributed by atoms with Gasteiger partial charge in [0.15, 0.2) is 25.5 Å². The van der Waals surface area contributed by atoms with Gasteiger partial charge in [0.2, 0.25) is 0 Å². The van der Waals surface area contributed by atoms with E-state index in [9.17, 15) is 0 Å². The van der Waals surface area contributed by atoms with Crippen LogP contribution in [-0.2, 0) is 0 Å². The third kappa shape index (κ3) is 6.74. The smallest absolute Gasteiger partial charge is 0.179 e. The summed E-state index contributed by atoms with van der Waals surface area (Å²) in [6.45, 7) is 0. The summed E-state index contributed by atoms with van der Waals surface area (Å²) in [6.07, 6.45) is 0. The van der Waals surface area contributed by atoms with Crippen LogP contribution in [0.3, 0.4) is 0 Å². The van der Waals surface area contributed by atoms with Gasteiger partial charge in [0, 0.05) is 36.9 Å². The Balaban J connectivity index is 1.10. The van der Waals surface area contributed by atoms with Gasteiger partial charge in [0.1, 0.15) is 0 Å². The fraction of sp³-hybridized carbons (Fsp3) is 0. The van der Waals surface area contributed by atoms with Crippen molar-refractivity contribution in [2.75, 3.05) is 0 Å². The molecule has 0 saturated heterocycles. The zero-order valence-corrected chi connectivity index (χ0v) is 35.6. The molecule has 292 valence electrons. The van der Waals surface area contributed by atoms with Crippen LogP contribution in [0.2, 0.25) is 0 Å². The monoisotopic (exact) mass is 825 g/mol. The highest BCUT2D eigenvalue weighted by Crippen LogP contribution is 2.41. The molecule has 0 fully saturated rings. The second kappa shape index (κ2) is 16.1. The van der Waals surface area contributed by atoms with Gasteiger partial charge in [0.05, 0.1) is 0 Å². The Hall–Kier alpha value is -7.57. The maximum atomic E-state index is 5.05. The normalized spacial score (nSPS) is 11.5. The van der Waals surface area contributed by atoms with Gasteiger partial charge in [-0.1, -0.05) is 212 Å². The molecule has 0 aliphatic heterocycles. The lowest BCUT2D eigenvalue weighted by Gasteiger charge is -2.35. The molecular weight excluding hydrogens is 787 g/mol. The van der Waals surface area contributed by atoms with Crippen molar-refractivity contribution in [3.05, 3.63) is 237 Å². The van der Waals surface area contributed by atoms with E-state index >= 15 is 0 Å². The fourth-order valence-electron chi connectivity index (χ4n) is 9.00. The molecule has 0 spiro atoms. The Labute approximate surface area is 366 Å². The molecule has 0 aliphatic rings. The second-order valence-corrected chi connectivity index (χ2v) is 20.4. The molecule has 0 bridgehead atoms. The van der Waals surface area contributed by atoms with Crippen LogP contribution in [0.5, 0.6) is 0 Å². The molecule has 0 saturated carbocycles. The van der Waals surface area contributed by atoms with Crippen molar-refractivity contribution in [1.82, 2.24) is 15.0 Å². The predicted molar refractivity (Wildman–Crippen MR) is 264 cm³/mol. The van der Waals surface area contributed by atoms with Crippen molar-refractivity contribution >= 4 is 60.3 Å². The summed E-state index contributed by atoms with van der Waals surface area (Å²) in [4.78, 5) is 15.0.